The Morgan fingerprint density at radius 1 is 1.16 bits per heavy atom. The molecule has 2 rings (SSSR count). The second-order valence-electron chi connectivity index (χ2n) is 4.21. The van der Waals surface area contributed by atoms with Crippen LogP contribution in [0.5, 0.6) is 5.88 Å². The van der Waals surface area contributed by atoms with Gasteiger partial charge in [0.1, 0.15) is 5.69 Å². The van der Waals surface area contributed by atoms with Crippen molar-refractivity contribution < 1.29 is 4.74 Å². The van der Waals surface area contributed by atoms with E-state index < -0.39 is 0 Å². The zero-order valence-electron chi connectivity index (χ0n) is 11.7. The molecule has 0 amide bonds. The molecule has 0 aliphatic heterocycles. The van der Waals surface area contributed by atoms with E-state index >= 15 is 0 Å². The predicted molar refractivity (Wildman–Crippen MR) is 75.5 cm³/mol. The van der Waals surface area contributed by atoms with Crippen LogP contribution in [-0.2, 0) is 0 Å². The molecular weight excluding hydrogens is 240 g/mol. The van der Waals surface area contributed by atoms with E-state index in [1.165, 1.54) is 0 Å². The summed E-state index contributed by atoms with van der Waals surface area (Å²) in [6, 6.07) is 3.76. The average Bonchev–Trinajstić information content (AvgIpc) is 2.43. The first kappa shape index (κ1) is 13.3. The lowest BCUT2D eigenvalue weighted by atomic mass is 10.2. The van der Waals surface area contributed by atoms with Crippen LogP contribution < -0.4 is 10.1 Å². The molecule has 0 radical (unpaired) electrons. The van der Waals surface area contributed by atoms with Gasteiger partial charge >= 0.3 is 0 Å². The van der Waals surface area contributed by atoms with Gasteiger partial charge in [0.15, 0.2) is 5.82 Å². The number of hydrogen-bond donors (Lipinski definition) is 1. The van der Waals surface area contributed by atoms with Crippen LogP contribution in [0.2, 0.25) is 0 Å². The Bertz CT molecular complexity index is 566. The SMILES string of the molecule is CCNc1nc(C)c(C)nc1-c1ccc(OC)nc1. The molecule has 100 valence electrons. The van der Waals surface area contributed by atoms with Gasteiger partial charge in [-0.05, 0) is 26.8 Å². The lowest BCUT2D eigenvalue weighted by Crippen LogP contribution is -2.06. The highest BCUT2D eigenvalue weighted by atomic mass is 16.5. The summed E-state index contributed by atoms with van der Waals surface area (Å²) in [5.41, 5.74) is 3.60. The van der Waals surface area contributed by atoms with Gasteiger partial charge in [0.05, 0.1) is 18.5 Å². The molecule has 0 unspecified atom stereocenters. The van der Waals surface area contributed by atoms with Gasteiger partial charge in [-0.1, -0.05) is 0 Å². The number of anilines is 1. The lowest BCUT2D eigenvalue weighted by Gasteiger charge is -2.11. The molecular formula is C14H18N4O. The van der Waals surface area contributed by atoms with E-state index in [0.717, 1.165) is 35.0 Å². The Hall–Kier alpha value is -2.17. The van der Waals surface area contributed by atoms with E-state index in [-0.39, 0.29) is 0 Å². The van der Waals surface area contributed by atoms with Crippen LogP contribution in [0.25, 0.3) is 11.3 Å². The summed E-state index contributed by atoms with van der Waals surface area (Å²) in [5.74, 6) is 1.38. The number of nitrogens with one attached hydrogen (secondary N) is 1. The number of methoxy groups -OCH3 is 1. The molecule has 5 nitrogen and oxygen atoms in total. The van der Waals surface area contributed by atoms with Gasteiger partial charge in [-0.3, -0.25) is 0 Å². The normalized spacial score (nSPS) is 10.3. The molecule has 0 atom stereocenters. The van der Waals surface area contributed by atoms with Crippen LogP contribution in [0.1, 0.15) is 18.3 Å². The minimum absolute atomic E-state index is 0.588. The Morgan fingerprint density at radius 2 is 1.89 bits per heavy atom. The first-order chi connectivity index (χ1) is 9.15. The fourth-order valence-electron chi connectivity index (χ4n) is 1.74. The summed E-state index contributed by atoms with van der Waals surface area (Å²) >= 11 is 0. The van der Waals surface area contributed by atoms with E-state index in [4.69, 9.17) is 4.74 Å². The first-order valence-electron chi connectivity index (χ1n) is 6.25. The van der Waals surface area contributed by atoms with E-state index in [9.17, 15) is 0 Å². The van der Waals surface area contributed by atoms with Gasteiger partial charge in [0.2, 0.25) is 5.88 Å². The maximum absolute atomic E-state index is 5.06. The van der Waals surface area contributed by atoms with Crippen LogP contribution in [0.15, 0.2) is 18.3 Å². The van der Waals surface area contributed by atoms with Crippen molar-refractivity contribution in [2.24, 2.45) is 0 Å². The van der Waals surface area contributed by atoms with E-state index in [1.807, 2.05) is 32.9 Å². The third kappa shape index (κ3) is 2.81. The second kappa shape index (κ2) is 5.65. The summed E-state index contributed by atoms with van der Waals surface area (Å²) in [4.78, 5) is 13.4. The molecule has 0 aliphatic carbocycles. The van der Waals surface area contributed by atoms with Crippen LogP contribution in [0.3, 0.4) is 0 Å². The minimum atomic E-state index is 0.588. The van der Waals surface area contributed by atoms with Crippen molar-refractivity contribution in [2.75, 3.05) is 19.0 Å². The summed E-state index contributed by atoms with van der Waals surface area (Å²) in [7, 11) is 1.60. The van der Waals surface area contributed by atoms with Crippen molar-refractivity contribution in [1.29, 1.82) is 0 Å². The maximum Gasteiger partial charge on any atom is 0.212 e. The molecule has 5 heteroatoms. The number of aromatic nitrogens is 3. The Morgan fingerprint density at radius 3 is 2.47 bits per heavy atom. The van der Waals surface area contributed by atoms with Crippen LogP contribution in [0.4, 0.5) is 5.82 Å². The lowest BCUT2D eigenvalue weighted by molar-refractivity contribution is 0.398. The summed E-state index contributed by atoms with van der Waals surface area (Å²) < 4.78 is 5.06. The molecule has 2 aromatic rings. The fraction of sp³-hybridized carbons (Fsp3) is 0.357. The zero-order valence-corrected chi connectivity index (χ0v) is 11.7. The van der Waals surface area contributed by atoms with E-state index in [2.05, 4.69) is 20.3 Å². The standard InChI is InChI=1S/C14H18N4O/c1-5-15-14-13(17-9(2)10(3)18-14)11-6-7-12(19-4)16-8-11/h6-8H,5H2,1-4H3,(H,15,18). The Balaban J connectivity index is 2.49. The zero-order chi connectivity index (χ0) is 13.8. The number of nitrogens with zero attached hydrogens (tertiary/aromatic N) is 3. The van der Waals surface area contributed by atoms with E-state index in [0.29, 0.717) is 5.88 Å². The molecule has 0 aliphatic rings. The quantitative estimate of drug-likeness (QED) is 0.913. The minimum Gasteiger partial charge on any atom is -0.481 e. The van der Waals surface area contributed by atoms with Gasteiger partial charge in [0.25, 0.3) is 0 Å². The van der Waals surface area contributed by atoms with Crippen molar-refractivity contribution in [1.82, 2.24) is 15.0 Å². The van der Waals surface area contributed by atoms with Gasteiger partial charge in [-0.2, -0.15) is 0 Å². The van der Waals surface area contributed by atoms with Gasteiger partial charge in [-0.15, -0.1) is 0 Å². The highest BCUT2D eigenvalue weighted by molar-refractivity contribution is 5.71. The van der Waals surface area contributed by atoms with Gasteiger partial charge in [-0.25, -0.2) is 15.0 Å². The van der Waals surface area contributed by atoms with Crippen molar-refractivity contribution in [3.63, 3.8) is 0 Å². The van der Waals surface area contributed by atoms with Gasteiger partial charge < -0.3 is 10.1 Å². The monoisotopic (exact) mass is 258 g/mol. The molecule has 19 heavy (non-hydrogen) atoms. The van der Waals surface area contributed by atoms with E-state index in [1.54, 1.807) is 13.3 Å². The Kier molecular flexibility index (Phi) is 3.94. The van der Waals surface area contributed by atoms with Crippen LogP contribution in [0, 0.1) is 13.8 Å². The smallest absolute Gasteiger partial charge is 0.212 e. The number of aryl methyl sites for hydroxylation is 2. The van der Waals surface area contributed by atoms with Gasteiger partial charge in [0, 0.05) is 24.4 Å². The second-order valence-corrected chi connectivity index (χ2v) is 4.21. The third-order valence-electron chi connectivity index (χ3n) is 2.87. The van der Waals surface area contributed by atoms with Crippen LogP contribution >= 0.6 is 0 Å². The average molecular weight is 258 g/mol. The molecule has 0 saturated heterocycles. The topological polar surface area (TPSA) is 59.9 Å². The molecule has 2 aromatic heterocycles. The molecule has 0 spiro atoms. The summed E-state index contributed by atoms with van der Waals surface area (Å²) in [6.07, 6.45) is 1.75. The fourth-order valence-corrected chi connectivity index (χ4v) is 1.74. The molecule has 0 saturated carbocycles. The first-order valence-corrected chi connectivity index (χ1v) is 6.25. The highest BCUT2D eigenvalue weighted by Gasteiger charge is 2.11. The number of pyridine rings is 1. The molecule has 2 heterocycles. The molecule has 0 fully saturated rings. The van der Waals surface area contributed by atoms with Crippen molar-refractivity contribution in [2.45, 2.75) is 20.8 Å². The molecule has 0 aromatic carbocycles. The van der Waals surface area contributed by atoms with Crippen molar-refractivity contribution >= 4 is 5.82 Å². The predicted octanol–water partition coefficient (Wildman–Crippen LogP) is 2.60. The largest absolute Gasteiger partial charge is 0.481 e. The maximum atomic E-state index is 5.06. The number of ether oxygens (including phenoxy) is 1. The number of rotatable bonds is 4. The summed E-state index contributed by atoms with van der Waals surface area (Å²) in [6.45, 7) is 6.75. The van der Waals surface area contributed by atoms with Crippen molar-refractivity contribution in [3.8, 4) is 17.1 Å². The van der Waals surface area contributed by atoms with Crippen molar-refractivity contribution in [3.05, 3.63) is 29.7 Å². The van der Waals surface area contributed by atoms with Crippen LogP contribution in [-0.4, -0.2) is 28.6 Å². The highest BCUT2D eigenvalue weighted by Crippen LogP contribution is 2.25. The third-order valence-corrected chi connectivity index (χ3v) is 2.87. The molecule has 1 N–H and O–H groups in total. The summed E-state index contributed by atoms with van der Waals surface area (Å²) in [5, 5.41) is 3.24. The molecule has 0 bridgehead atoms. The Labute approximate surface area is 113 Å². The number of hydrogen-bond acceptors (Lipinski definition) is 5.